The van der Waals surface area contributed by atoms with E-state index in [0.717, 1.165) is 0 Å². The maximum absolute atomic E-state index is 11.8. The Bertz CT molecular complexity index is 557. The number of methoxy groups -OCH3 is 1. The smallest absolute Gasteiger partial charge is 0.234 e. The number of ether oxygens (including phenoxy) is 1. The summed E-state index contributed by atoms with van der Waals surface area (Å²) in [4.78, 5) is 18.7. The molecule has 0 saturated heterocycles. The molecule has 0 atom stereocenters. The molecule has 0 radical (unpaired) electrons. The zero-order valence-corrected chi connectivity index (χ0v) is 11.2. The first-order valence-electron chi connectivity index (χ1n) is 5.54. The fourth-order valence-corrected chi connectivity index (χ4v) is 2.06. The van der Waals surface area contributed by atoms with Crippen LogP contribution < -0.4 is 15.8 Å². The first-order valence-corrected chi connectivity index (χ1v) is 6.53. The second kappa shape index (κ2) is 6.14. The van der Waals surface area contributed by atoms with Crippen LogP contribution in [0.2, 0.25) is 0 Å². The van der Waals surface area contributed by atoms with Gasteiger partial charge in [0.15, 0.2) is 5.16 Å². The first kappa shape index (κ1) is 13.3. The molecule has 2 aromatic rings. The molecule has 1 aromatic heterocycles. The van der Waals surface area contributed by atoms with E-state index >= 15 is 0 Å². The number of amides is 1. The van der Waals surface area contributed by atoms with Gasteiger partial charge < -0.3 is 20.8 Å². The highest BCUT2D eigenvalue weighted by molar-refractivity contribution is 7.99. The number of imidazole rings is 1. The SMILES string of the molecule is COc1ccc(NC(=O)CSc2ncc[nH]2)c(N)c1. The van der Waals surface area contributed by atoms with Crippen LogP contribution in [-0.4, -0.2) is 28.7 Å². The number of nitrogen functional groups attached to an aromatic ring is 1. The number of anilines is 2. The van der Waals surface area contributed by atoms with Crippen LogP contribution in [0.5, 0.6) is 5.75 Å². The Balaban J connectivity index is 1.91. The van der Waals surface area contributed by atoms with Crippen LogP contribution in [0.25, 0.3) is 0 Å². The number of rotatable bonds is 5. The summed E-state index contributed by atoms with van der Waals surface area (Å²) in [6, 6.07) is 5.12. The van der Waals surface area contributed by atoms with E-state index < -0.39 is 0 Å². The van der Waals surface area contributed by atoms with Crippen molar-refractivity contribution in [2.45, 2.75) is 5.16 Å². The highest BCUT2D eigenvalue weighted by Gasteiger charge is 2.07. The Kier molecular flexibility index (Phi) is 4.30. The second-order valence-electron chi connectivity index (χ2n) is 3.68. The van der Waals surface area contributed by atoms with Crippen molar-refractivity contribution < 1.29 is 9.53 Å². The van der Waals surface area contributed by atoms with Gasteiger partial charge in [0.25, 0.3) is 0 Å². The fraction of sp³-hybridized carbons (Fsp3) is 0.167. The van der Waals surface area contributed by atoms with Crippen molar-refractivity contribution in [2.75, 3.05) is 23.9 Å². The van der Waals surface area contributed by atoms with Crippen LogP contribution in [0.3, 0.4) is 0 Å². The Morgan fingerprint density at radius 2 is 2.42 bits per heavy atom. The molecule has 0 bridgehead atoms. The predicted octanol–water partition coefficient (Wildman–Crippen LogP) is 1.73. The quantitative estimate of drug-likeness (QED) is 0.572. The van der Waals surface area contributed by atoms with Gasteiger partial charge in [-0.2, -0.15) is 0 Å². The molecule has 0 fully saturated rings. The van der Waals surface area contributed by atoms with E-state index in [2.05, 4.69) is 15.3 Å². The molecule has 2 rings (SSSR count). The average molecular weight is 278 g/mol. The highest BCUT2D eigenvalue weighted by atomic mass is 32.2. The number of nitrogens with two attached hydrogens (primary N) is 1. The Morgan fingerprint density at radius 3 is 3.05 bits per heavy atom. The normalized spacial score (nSPS) is 10.2. The maximum atomic E-state index is 11.8. The minimum atomic E-state index is -0.140. The Labute approximate surface area is 114 Å². The first-order chi connectivity index (χ1) is 9.19. The van der Waals surface area contributed by atoms with Gasteiger partial charge >= 0.3 is 0 Å². The van der Waals surface area contributed by atoms with Crippen LogP contribution >= 0.6 is 11.8 Å². The molecule has 0 aliphatic heterocycles. The standard InChI is InChI=1S/C12H14N4O2S/c1-18-8-2-3-10(9(13)6-8)16-11(17)7-19-12-14-4-5-15-12/h2-6H,7,13H2,1H3,(H,14,15)(H,16,17). The van der Waals surface area contributed by atoms with Crippen molar-refractivity contribution in [3.05, 3.63) is 30.6 Å². The third-order valence-electron chi connectivity index (χ3n) is 2.35. The second-order valence-corrected chi connectivity index (χ2v) is 4.65. The van der Waals surface area contributed by atoms with Gasteiger partial charge in [0.2, 0.25) is 5.91 Å². The number of thioether (sulfide) groups is 1. The molecule has 100 valence electrons. The molecule has 6 nitrogen and oxygen atoms in total. The highest BCUT2D eigenvalue weighted by Crippen LogP contribution is 2.24. The number of benzene rings is 1. The lowest BCUT2D eigenvalue weighted by molar-refractivity contribution is -0.113. The van der Waals surface area contributed by atoms with Crippen molar-refractivity contribution >= 4 is 29.0 Å². The summed E-state index contributed by atoms with van der Waals surface area (Å²) in [5.41, 5.74) is 6.86. The van der Waals surface area contributed by atoms with E-state index in [-0.39, 0.29) is 11.7 Å². The summed E-state index contributed by atoms with van der Waals surface area (Å²) in [5, 5.41) is 3.45. The minimum Gasteiger partial charge on any atom is -0.497 e. The van der Waals surface area contributed by atoms with Gasteiger partial charge in [0.1, 0.15) is 5.75 Å². The van der Waals surface area contributed by atoms with Crippen LogP contribution in [0, 0.1) is 0 Å². The third kappa shape index (κ3) is 3.65. The zero-order chi connectivity index (χ0) is 13.7. The molecular weight excluding hydrogens is 264 g/mol. The summed E-state index contributed by atoms with van der Waals surface area (Å²) in [6.45, 7) is 0. The molecular formula is C12H14N4O2S. The molecule has 1 aromatic carbocycles. The molecule has 0 spiro atoms. The van der Waals surface area contributed by atoms with Crippen LogP contribution in [0.4, 0.5) is 11.4 Å². The number of hydrogen-bond donors (Lipinski definition) is 3. The van der Waals surface area contributed by atoms with Crippen LogP contribution in [-0.2, 0) is 4.79 Å². The number of carbonyl (C=O) groups excluding carboxylic acids is 1. The van der Waals surface area contributed by atoms with E-state index in [1.807, 2.05) is 0 Å². The number of hydrogen-bond acceptors (Lipinski definition) is 5. The molecule has 4 N–H and O–H groups in total. The molecule has 0 saturated carbocycles. The van der Waals surface area contributed by atoms with E-state index in [0.29, 0.717) is 22.3 Å². The lowest BCUT2D eigenvalue weighted by Crippen LogP contribution is -2.15. The number of aromatic amines is 1. The molecule has 0 aliphatic rings. The average Bonchev–Trinajstić information content (AvgIpc) is 2.92. The molecule has 1 heterocycles. The summed E-state index contributed by atoms with van der Waals surface area (Å²) in [7, 11) is 1.56. The minimum absolute atomic E-state index is 0.140. The van der Waals surface area contributed by atoms with E-state index in [4.69, 9.17) is 10.5 Å². The number of nitrogens with zero attached hydrogens (tertiary/aromatic N) is 1. The molecule has 19 heavy (non-hydrogen) atoms. The Hall–Kier alpha value is -2.15. The number of H-pyrrole nitrogens is 1. The van der Waals surface area contributed by atoms with Crippen LogP contribution in [0.15, 0.2) is 35.7 Å². The lowest BCUT2D eigenvalue weighted by Gasteiger charge is -2.09. The molecule has 1 amide bonds. The topological polar surface area (TPSA) is 93.0 Å². The third-order valence-corrected chi connectivity index (χ3v) is 3.25. The van der Waals surface area contributed by atoms with Gasteiger partial charge in [0, 0.05) is 18.5 Å². The van der Waals surface area contributed by atoms with Crippen molar-refractivity contribution in [1.29, 1.82) is 0 Å². The van der Waals surface area contributed by atoms with E-state index in [1.165, 1.54) is 11.8 Å². The van der Waals surface area contributed by atoms with Crippen LogP contribution in [0.1, 0.15) is 0 Å². The lowest BCUT2D eigenvalue weighted by atomic mass is 10.2. The van der Waals surface area contributed by atoms with Gasteiger partial charge in [-0.15, -0.1) is 0 Å². The summed E-state index contributed by atoms with van der Waals surface area (Å²) < 4.78 is 5.04. The van der Waals surface area contributed by atoms with Crippen molar-refractivity contribution in [3.63, 3.8) is 0 Å². The Morgan fingerprint density at radius 1 is 1.58 bits per heavy atom. The van der Waals surface area contributed by atoms with Crippen molar-refractivity contribution in [3.8, 4) is 5.75 Å². The van der Waals surface area contributed by atoms with Crippen molar-refractivity contribution in [2.24, 2.45) is 0 Å². The largest absolute Gasteiger partial charge is 0.497 e. The molecule has 0 aliphatic carbocycles. The van der Waals surface area contributed by atoms with Gasteiger partial charge in [-0.1, -0.05) is 11.8 Å². The number of carbonyl (C=O) groups is 1. The van der Waals surface area contributed by atoms with Gasteiger partial charge in [-0.25, -0.2) is 4.98 Å². The van der Waals surface area contributed by atoms with Gasteiger partial charge in [-0.05, 0) is 12.1 Å². The van der Waals surface area contributed by atoms with Gasteiger partial charge in [0.05, 0.1) is 24.2 Å². The molecule has 0 unspecified atom stereocenters. The van der Waals surface area contributed by atoms with E-state index in [1.54, 1.807) is 37.7 Å². The summed E-state index contributed by atoms with van der Waals surface area (Å²) in [5.74, 6) is 0.776. The van der Waals surface area contributed by atoms with Gasteiger partial charge in [-0.3, -0.25) is 4.79 Å². The predicted molar refractivity (Wildman–Crippen MR) is 75.3 cm³/mol. The zero-order valence-electron chi connectivity index (χ0n) is 10.3. The monoisotopic (exact) mass is 278 g/mol. The summed E-state index contributed by atoms with van der Waals surface area (Å²) in [6.07, 6.45) is 3.35. The van der Waals surface area contributed by atoms with Crippen molar-refractivity contribution in [1.82, 2.24) is 9.97 Å². The molecule has 7 heteroatoms. The number of aromatic nitrogens is 2. The maximum Gasteiger partial charge on any atom is 0.234 e. The van der Waals surface area contributed by atoms with E-state index in [9.17, 15) is 4.79 Å². The summed E-state index contributed by atoms with van der Waals surface area (Å²) >= 11 is 1.32. The fourth-order valence-electron chi connectivity index (χ4n) is 1.43. The number of nitrogens with one attached hydrogen (secondary N) is 2.